The fourth-order valence-corrected chi connectivity index (χ4v) is 2.29. The van der Waals surface area contributed by atoms with Crippen LogP contribution in [0.3, 0.4) is 0 Å². The maximum atomic E-state index is 11.4. The normalized spacial score (nSPS) is 11.2. The maximum absolute atomic E-state index is 11.4. The first-order valence-corrected chi connectivity index (χ1v) is 7.54. The van der Waals surface area contributed by atoms with Crippen molar-refractivity contribution in [2.45, 2.75) is 6.92 Å². The molecule has 0 fully saturated rings. The van der Waals surface area contributed by atoms with Gasteiger partial charge in [0.1, 0.15) is 5.84 Å². The molecule has 0 aliphatic carbocycles. The van der Waals surface area contributed by atoms with E-state index in [9.17, 15) is 8.42 Å². The van der Waals surface area contributed by atoms with E-state index in [1.807, 2.05) is 24.1 Å². The molecule has 0 aliphatic heterocycles. The molecule has 6 heteroatoms. The van der Waals surface area contributed by atoms with E-state index >= 15 is 0 Å². The zero-order valence-corrected chi connectivity index (χ0v) is 11.5. The molecule has 0 amide bonds. The summed E-state index contributed by atoms with van der Waals surface area (Å²) in [5.74, 6) is 0.344. The second-order valence-electron chi connectivity index (χ2n) is 4.12. The number of amidine groups is 1. The highest BCUT2D eigenvalue weighted by atomic mass is 32.2. The van der Waals surface area contributed by atoms with Crippen molar-refractivity contribution in [3.05, 3.63) is 29.8 Å². The van der Waals surface area contributed by atoms with Gasteiger partial charge in [-0.2, -0.15) is 0 Å². The second-order valence-corrected chi connectivity index (χ2v) is 6.59. The Morgan fingerprint density at radius 3 is 2.33 bits per heavy atom. The van der Waals surface area contributed by atoms with Crippen LogP contribution in [0.5, 0.6) is 0 Å². The van der Waals surface area contributed by atoms with E-state index in [0.29, 0.717) is 12.1 Å². The molecule has 18 heavy (non-hydrogen) atoms. The molecule has 0 radical (unpaired) electrons. The Kier molecular flexibility index (Phi) is 4.72. The first kappa shape index (κ1) is 14.5. The molecular formula is C12H19N3O2S. The first-order chi connectivity index (χ1) is 8.35. The van der Waals surface area contributed by atoms with Crippen molar-refractivity contribution in [1.82, 2.24) is 0 Å². The molecule has 100 valence electrons. The van der Waals surface area contributed by atoms with Crippen LogP contribution in [0.15, 0.2) is 24.3 Å². The van der Waals surface area contributed by atoms with Crippen LogP contribution in [0.2, 0.25) is 0 Å². The summed E-state index contributed by atoms with van der Waals surface area (Å²) < 4.78 is 22.8. The number of hydrogen-bond acceptors (Lipinski definition) is 4. The van der Waals surface area contributed by atoms with Gasteiger partial charge < -0.3 is 10.6 Å². The predicted molar refractivity (Wildman–Crippen MR) is 75.1 cm³/mol. The van der Waals surface area contributed by atoms with Crippen molar-refractivity contribution in [1.29, 1.82) is 5.41 Å². The van der Waals surface area contributed by atoms with Crippen molar-refractivity contribution in [3.63, 3.8) is 0 Å². The highest BCUT2D eigenvalue weighted by Crippen LogP contribution is 2.13. The van der Waals surface area contributed by atoms with E-state index in [1.165, 1.54) is 0 Å². The van der Waals surface area contributed by atoms with Crippen LogP contribution in [0.1, 0.15) is 12.5 Å². The lowest BCUT2D eigenvalue weighted by Gasteiger charge is -2.19. The number of hydrogen-bond donors (Lipinski definition) is 2. The number of nitrogens with one attached hydrogen (secondary N) is 1. The topological polar surface area (TPSA) is 87.2 Å². The van der Waals surface area contributed by atoms with E-state index in [0.717, 1.165) is 5.69 Å². The van der Waals surface area contributed by atoms with Gasteiger partial charge in [0.05, 0.1) is 5.75 Å². The molecule has 0 aliphatic rings. The molecule has 0 aromatic heterocycles. The Morgan fingerprint density at radius 1 is 1.33 bits per heavy atom. The van der Waals surface area contributed by atoms with Crippen molar-refractivity contribution >= 4 is 21.4 Å². The van der Waals surface area contributed by atoms with Crippen molar-refractivity contribution in [3.8, 4) is 0 Å². The third-order valence-corrected chi connectivity index (χ3v) is 4.48. The van der Waals surface area contributed by atoms with E-state index in [2.05, 4.69) is 0 Å². The van der Waals surface area contributed by atoms with Crippen molar-refractivity contribution in [2.24, 2.45) is 5.73 Å². The number of sulfone groups is 1. The molecule has 0 heterocycles. The quantitative estimate of drug-likeness (QED) is 0.592. The zero-order chi connectivity index (χ0) is 13.8. The number of rotatable bonds is 6. The Bertz CT molecular complexity index is 509. The first-order valence-electron chi connectivity index (χ1n) is 5.71. The lowest BCUT2D eigenvalue weighted by molar-refractivity contribution is 0.596. The fraction of sp³-hybridized carbons (Fsp3) is 0.417. The third-order valence-electron chi connectivity index (χ3n) is 2.80. The lowest BCUT2D eigenvalue weighted by atomic mass is 10.2. The second kappa shape index (κ2) is 5.86. The summed E-state index contributed by atoms with van der Waals surface area (Å²) in [5, 5.41) is 7.29. The molecule has 0 saturated heterocycles. The molecule has 1 aromatic carbocycles. The van der Waals surface area contributed by atoms with Crippen LogP contribution >= 0.6 is 0 Å². The molecule has 0 atom stereocenters. The Morgan fingerprint density at radius 2 is 1.89 bits per heavy atom. The van der Waals surface area contributed by atoms with Crippen LogP contribution in [-0.4, -0.2) is 39.4 Å². The van der Waals surface area contributed by atoms with Gasteiger partial charge in [-0.15, -0.1) is 0 Å². The van der Waals surface area contributed by atoms with Gasteiger partial charge in [-0.25, -0.2) is 8.42 Å². The van der Waals surface area contributed by atoms with Crippen LogP contribution in [0.25, 0.3) is 0 Å². The molecule has 1 rings (SSSR count). The van der Waals surface area contributed by atoms with Gasteiger partial charge in [0, 0.05) is 30.6 Å². The summed E-state index contributed by atoms with van der Waals surface area (Å²) in [4.78, 5) is 1.87. The maximum Gasteiger partial charge on any atom is 0.151 e. The minimum absolute atomic E-state index is 0.0257. The fourth-order valence-electron chi connectivity index (χ4n) is 1.44. The van der Waals surface area contributed by atoms with Gasteiger partial charge >= 0.3 is 0 Å². The standard InChI is InChI=1S/C12H19N3O2S/c1-3-18(16,17)9-8-15(2)11-6-4-10(5-7-11)12(13)14/h4-7H,3,8-9H2,1-2H3,(H3,13,14). The van der Waals surface area contributed by atoms with E-state index < -0.39 is 9.84 Å². The van der Waals surface area contributed by atoms with Gasteiger partial charge in [0.2, 0.25) is 0 Å². The summed E-state index contributed by atoms with van der Waals surface area (Å²) in [6.07, 6.45) is 0. The molecule has 0 unspecified atom stereocenters. The number of benzene rings is 1. The van der Waals surface area contributed by atoms with Gasteiger partial charge in [-0.05, 0) is 24.3 Å². The summed E-state index contributed by atoms with van der Waals surface area (Å²) in [6.45, 7) is 2.10. The zero-order valence-electron chi connectivity index (χ0n) is 10.7. The van der Waals surface area contributed by atoms with Crippen LogP contribution in [0.4, 0.5) is 5.69 Å². The van der Waals surface area contributed by atoms with Crippen molar-refractivity contribution < 1.29 is 8.42 Å². The highest BCUT2D eigenvalue weighted by Gasteiger charge is 2.09. The minimum atomic E-state index is -2.94. The third kappa shape index (κ3) is 4.03. The summed E-state index contributed by atoms with van der Waals surface area (Å²) >= 11 is 0. The molecule has 0 spiro atoms. The summed E-state index contributed by atoms with van der Waals surface area (Å²) in [6, 6.07) is 7.16. The molecule has 3 N–H and O–H groups in total. The van der Waals surface area contributed by atoms with Gasteiger partial charge in [-0.3, -0.25) is 5.41 Å². The molecule has 0 bridgehead atoms. The van der Waals surface area contributed by atoms with Crippen LogP contribution in [0, 0.1) is 5.41 Å². The van der Waals surface area contributed by atoms with E-state index in [1.54, 1.807) is 19.1 Å². The number of nitrogens with two attached hydrogens (primary N) is 1. The molecular weight excluding hydrogens is 250 g/mol. The van der Waals surface area contributed by atoms with E-state index in [-0.39, 0.29) is 17.3 Å². The van der Waals surface area contributed by atoms with Gasteiger partial charge in [0.15, 0.2) is 9.84 Å². The van der Waals surface area contributed by atoms with Crippen LogP contribution in [-0.2, 0) is 9.84 Å². The average molecular weight is 269 g/mol. The molecule has 1 aromatic rings. The number of nitrogens with zero attached hydrogens (tertiary/aromatic N) is 1. The summed E-state index contributed by atoms with van der Waals surface area (Å²) in [5.41, 5.74) is 6.93. The monoisotopic (exact) mass is 269 g/mol. The van der Waals surface area contributed by atoms with Gasteiger partial charge in [-0.1, -0.05) is 6.92 Å². The summed E-state index contributed by atoms with van der Waals surface area (Å²) in [7, 11) is -1.10. The minimum Gasteiger partial charge on any atom is -0.384 e. The predicted octanol–water partition coefficient (Wildman–Crippen LogP) is 0.842. The Labute approximate surface area is 108 Å². The highest BCUT2D eigenvalue weighted by molar-refractivity contribution is 7.91. The average Bonchev–Trinajstić information content (AvgIpc) is 2.36. The van der Waals surface area contributed by atoms with E-state index in [4.69, 9.17) is 11.1 Å². The van der Waals surface area contributed by atoms with Gasteiger partial charge in [0.25, 0.3) is 0 Å². The van der Waals surface area contributed by atoms with Crippen LogP contribution < -0.4 is 10.6 Å². The Hall–Kier alpha value is -1.56. The SMILES string of the molecule is CCS(=O)(=O)CCN(C)c1ccc(C(=N)N)cc1. The Balaban J connectivity index is 2.67. The van der Waals surface area contributed by atoms with Crippen molar-refractivity contribution in [2.75, 3.05) is 30.0 Å². The molecule has 0 saturated carbocycles. The largest absolute Gasteiger partial charge is 0.384 e. The smallest absolute Gasteiger partial charge is 0.151 e. The molecule has 5 nitrogen and oxygen atoms in total. The number of anilines is 1. The number of nitrogen functional groups attached to an aromatic ring is 1. The lowest BCUT2D eigenvalue weighted by Crippen LogP contribution is -2.26.